The molecule has 0 aliphatic rings. The molecule has 0 fully saturated rings. The monoisotopic (exact) mass is 490 g/mol. The Labute approximate surface area is 209 Å². The molecule has 1 aromatic heterocycles. The first kappa shape index (κ1) is 25.1. The van der Waals surface area contributed by atoms with E-state index in [-0.39, 0.29) is 6.54 Å². The number of aromatic nitrogens is 2. The van der Waals surface area contributed by atoms with Crippen molar-refractivity contribution in [2.45, 2.75) is 33.4 Å². The molecule has 0 aliphatic carbocycles. The fraction of sp³-hybridized carbons (Fsp3) is 0.286. The minimum atomic E-state index is -0.769. The van der Waals surface area contributed by atoms with Crippen molar-refractivity contribution in [3.05, 3.63) is 104 Å². The average molecular weight is 491 g/mol. The van der Waals surface area contributed by atoms with Gasteiger partial charge in [-0.2, -0.15) is 0 Å². The van der Waals surface area contributed by atoms with E-state index >= 15 is 0 Å². The van der Waals surface area contributed by atoms with Crippen LogP contribution in [-0.4, -0.2) is 30.0 Å². The van der Waals surface area contributed by atoms with E-state index in [1.807, 2.05) is 36.4 Å². The highest BCUT2D eigenvalue weighted by Gasteiger charge is 2.11. The number of hydrogen-bond acceptors (Lipinski definition) is 6. The van der Waals surface area contributed by atoms with Gasteiger partial charge in [0.05, 0.1) is 13.2 Å². The molecule has 0 aliphatic heterocycles. The van der Waals surface area contributed by atoms with Crippen molar-refractivity contribution in [1.29, 1.82) is 0 Å². The molecule has 0 bridgehead atoms. The van der Waals surface area contributed by atoms with Gasteiger partial charge in [-0.15, -0.1) is 4.74 Å². The number of rotatable bonds is 11. The van der Waals surface area contributed by atoms with Gasteiger partial charge in [-0.25, -0.2) is 14.6 Å². The quantitative estimate of drug-likeness (QED) is 0.312. The number of benzene rings is 3. The van der Waals surface area contributed by atoms with E-state index in [1.165, 1.54) is 0 Å². The van der Waals surface area contributed by atoms with E-state index in [0.29, 0.717) is 25.6 Å². The first-order valence-corrected chi connectivity index (χ1v) is 11.8. The van der Waals surface area contributed by atoms with Gasteiger partial charge in [0.15, 0.2) is 0 Å². The number of ether oxygens (including phenoxy) is 3. The number of H-pyrrole nitrogens is 1. The molecular weight excluding hydrogens is 460 g/mol. The summed E-state index contributed by atoms with van der Waals surface area (Å²) in [6, 6.07) is 19.7. The van der Waals surface area contributed by atoms with Crippen LogP contribution in [-0.2, 0) is 17.9 Å². The summed E-state index contributed by atoms with van der Waals surface area (Å²) in [6.45, 7) is 6.09. The molecule has 4 aromatic rings. The number of hydrogen-bond donors (Lipinski definition) is 1. The molecule has 8 heteroatoms. The Morgan fingerprint density at radius 1 is 0.889 bits per heavy atom. The van der Waals surface area contributed by atoms with Gasteiger partial charge in [-0.3, -0.25) is 0 Å². The third-order valence-electron chi connectivity index (χ3n) is 5.97. The standard InChI is InChI=1S/C28H30N2O6/c1-19-16-24(34-15-5-14-33-3)12-13-25(19)26-7-4-6-22(20(26)2)18-35-23-10-8-21(9-11-23)17-30-27(31)29-28(32)36-30/h4,6-13,16H,5,14-15,17-18H2,1-3H3,(H,29,31,32). The van der Waals surface area contributed by atoms with Crippen LogP contribution < -0.4 is 20.9 Å². The Hall–Kier alpha value is -4.04. The van der Waals surface area contributed by atoms with Crippen molar-refractivity contribution in [3.63, 3.8) is 0 Å². The number of nitrogens with zero attached hydrogens (tertiary/aromatic N) is 1. The van der Waals surface area contributed by atoms with Crippen LogP contribution in [0.4, 0.5) is 0 Å². The Bertz CT molecular complexity index is 1420. The highest BCUT2D eigenvalue weighted by molar-refractivity contribution is 5.72. The van der Waals surface area contributed by atoms with Crippen molar-refractivity contribution in [1.82, 2.24) is 9.72 Å². The predicted molar refractivity (Wildman–Crippen MR) is 137 cm³/mol. The lowest BCUT2D eigenvalue weighted by Gasteiger charge is -2.15. The van der Waals surface area contributed by atoms with E-state index in [1.54, 1.807) is 7.11 Å². The van der Waals surface area contributed by atoms with Crippen LogP contribution in [0.5, 0.6) is 11.5 Å². The van der Waals surface area contributed by atoms with Crippen molar-refractivity contribution in [2.24, 2.45) is 0 Å². The number of aryl methyl sites for hydroxylation is 1. The van der Waals surface area contributed by atoms with Crippen molar-refractivity contribution >= 4 is 0 Å². The zero-order valence-electron chi connectivity index (χ0n) is 20.7. The van der Waals surface area contributed by atoms with Crippen molar-refractivity contribution in [3.8, 4) is 22.6 Å². The Kier molecular flexibility index (Phi) is 8.07. The number of aromatic amines is 1. The Balaban J connectivity index is 1.41. The van der Waals surface area contributed by atoms with E-state index in [0.717, 1.165) is 50.3 Å². The molecule has 1 N–H and O–H groups in total. The minimum absolute atomic E-state index is 0.162. The van der Waals surface area contributed by atoms with E-state index in [9.17, 15) is 9.59 Å². The van der Waals surface area contributed by atoms with Gasteiger partial charge in [-0.1, -0.05) is 36.4 Å². The lowest BCUT2D eigenvalue weighted by Crippen LogP contribution is -2.17. The summed E-state index contributed by atoms with van der Waals surface area (Å²) in [5, 5.41) is 0. The lowest BCUT2D eigenvalue weighted by atomic mass is 9.94. The summed E-state index contributed by atoms with van der Waals surface area (Å²) in [7, 11) is 1.69. The van der Waals surface area contributed by atoms with E-state index < -0.39 is 11.4 Å². The van der Waals surface area contributed by atoms with Gasteiger partial charge >= 0.3 is 11.4 Å². The molecule has 1 heterocycles. The molecule has 36 heavy (non-hydrogen) atoms. The normalized spacial score (nSPS) is 11.0. The van der Waals surface area contributed by atoms with Crippen LogP contribution >= 0.6 is 0 Å². The fourth-order valence-electron chi connectivity index (χ4n) is 3.99. The van der Waals surface area contributed by atoms with E-state index in [2.05, 4.69) is 43.1 Å². The molecule has 3 aromatic carbocycles. The van der Waals surface area contributed by atoms with Crippen molar-refractivity contribution in [2.75, 3.05) is 20.3 Å². The molecular formula is C28H30N2O6. The first-order chi connectivity index (χ1) is 17.4. The third-order valence-corrected chi connectivity index (χ3v) is 5.97. The smallest absolute Gasteiger partial charge is 0.440 e. The van der Waals surface area contributed by atoms with Crippen LogP contribution in [0.15, 0.2) is 74.8 Å². The van der Waals surface area contributed by atoms with Gasteiger partial charge in [0.2, 0.25) is 0 Å². The van der Waals surface area contributed by atoms with Crippen LogP contribution in [0.3, 0.4) is 0 Å². The molecule has 0 amide bonds. The summed E-state index contributed by atoms with van der Waals surface area (Å²) >= 11 is 0. The summed E-state index contributed by atoms with van der Waals surface area (Å²) in [5.41, 5.74) is 5.96. The maximum Gasteiger partial charge on any atom is 0.440 e. The maximum absolute atomic E-state index is 11.6. The lowest BCUT2D eigenvalue weighted by molar-refractivity contribution is 0.172. The predicted octanol–water partition coefficient (Wildman–Crippen LogP) is 4.46. The Morgan fingerprint density at radius 3 is 2.36 bits per heavy atom. The van der Waals surface area contributed by atoms with Crippen molar-refractivity contribution < 1.29 is 18.7 Å². The summed E-state index contributed by atoms with van der Waals surface area (Å²) in [6.07, 6.45) is 0.853. The van der Waals surface area contributed by atoms with Crippen LogP contribution in [0, 0.1) is 13.8 Å². The molecule has 0 atom stereocenters. The van der Waals surface area contributed by atoms with Gasteiger partial charge in [0.25, 0.3) is 0 Å². The third kappa shape index (κ3) is 6.14. The molecule has 0 radical (unpaired) electrons. The molecule has 0 spiro atoms. The molecule has 188 valence electrons. The fourth-order valence-corrected chi connectivity index (χ4v) is 3.99. The number of nitrogens with one attached hydrogen (secondary N) is 1. The maximum atomic E-state index is 11.6. The molecule has 8 nitrogen and oxygen atoms in total. The second-order valence-corrected chi connectivity index (χ2v) is 8.54. The van der Waals surface area contributed by atoms with E-state index in [4.69, 9.17) is 18.7 Å². The summed E-state index contributed by atoms with van der Waals surface area (Å²) < 4.78 is 22.7. The average Bonchev–Trinajstić information content (AvgIpc) is 3.18. The number of methoxy groups -OCH3 is 1. The first-order valence-electron chi connectivity index (χ1n) is 11.8. The highest BCUT2D eigenvalue weighted by atomic mass is 16.5. The molecule has 0 unspecified atom stereocenters. The SMILES string of the molecule is COCCCOc1ccc(-c2cccc(COc3ccc(Cn4oc(=O)[nH]c4=O)cc3)c2C)c(C)c1. The highest BCUT2D eigenvalue weighted by Crippen LogP contribution is 2.31. The van der Waals surface area contributed by atoms with Crippen LogP contribution in [0.1, 0.15) is 28.7 Å². The van der Waals surface area contributed by atoms with Crippen LogP contribution in [0.2, 0.25) is 0 Å². The summed E-state index contributed by atoms with van der Waals surface area (Å²) in [5.74, 6) is 0.795. The van der Waals surface area contributed by atoms with Gasteiger partial charge in [0, 0.05) is 20.1 Å². The van der Waals surface area contributed by atoms with Gasteiger partial charge in [-0.05, 0) is 71.5 Å². The molecule has 4 rings (SSSR count). The zero-order valence-corrected chi connectivity index (χ0v) is 20.7. The topological polar surface area (TPSA) is 95.7 Å². The minimum Gasteiger partial charge on any atom is -0.493 e. The van der Waals surface area contributed by atoms with Gasteiger partial charge in [0.1, 0.15) is 18.1 Å². The largest absolute Gasteiger partial charge is 0.493 e. The second-order valence-electron chi connectivity index (χ2n) is 8.54. The van der Waals surface area contributed by atoms with Crippen LogP contribution in [0.25, 0.3) is 11.1 Å². The summed E-state index contributed by atoms with van der Waals surface area (Å²) in [4.78, 5) is 24.8. The Morgan fingerprint density at radius 2 is 1.67 bits per heavy atom. The van der Waals surface area contributed by atoms with Gasteiger partial charge < -0.3 is 18.7 Å². The zero-order chi connectivity index (χ0) is 25.5. The molecule has 0 saturated heterocycles. The molecule has 0 saturated carbocycles. The second kappa shape index (κ2) is 11.6.